The summed E-state index contributed by atoms with van der Waals surface area (Å²) in [4.78, 5) is 4.58. The Morgan fingerprint density at radius 2 is 2.20 bits per heavy atom. The summed E-state index contributed by atoms with van der Waals surface area (Å²) in [5.41, 5.74) is 2.50. The Morgan fingerprint density at radius 1 is 1.35 bits per heavy atom. The van der Waals surface area contributed by atoms with Crippen molar-refractivity contribution >= 4 is 22.9 Å². The Bertz CT molecular complexity index is 539. The Kier molecular flexibility index (Phi) is 6.02. The van der Waals surface area contributed by atoms with Crippen LogP contribution in [0.25, 0.3) is 0 Å². The number of halogens is 1. The molecule has 1 heterocycles. The molecule has 4 heteroatoms. The molecule has 2 rings (SSSR count). The highest BCUT2D eigenvalue weighted by molar-refractivity contribution is 7.09. The molecule has 0 saturated heterocycles. The first kappa shape index (κ1) is 15.5. The van der Waals surface area contributed by atoms with E-state index in [2.05, 4.69) is 41.7 Å². The predicted octanol–water partition coefficient (Wildman–Crippen LogP) is 4.12. The summed E-state index contributed by atoms with van der Waals surface area (Å²) in [6.07, 6.45) is 2.05. The van der Waals surface area contributed by atoms with Crippen molar-refractivity contribution in [2.45, 2.75) is 26.7 Å². The molecule has 1 atom stereocenters. The van der Waals surface area contributed by atoms with Crippen LogP contribution in [0, 0.1) is 12.8 Å². The second kappa shape index (κ2) is 7.77. The van der Waals surface area contributed by atoms with Crippen LogP contribution >= 0.6 is 22.9 Å². The number of nitrogens with one attached hydrogen (secondary N) is 1. The molecule has 1 aromatic heterocycles. The van der Waals surface area contributed by atoms with Gasteiger partial charge in [0.2, 0.25) is 0 Å². The maximum Gasteiger partial charge on any atom is 0.0897 e. The van der Waals surface area contributed by atoms with E-state index >= 15 is 0 Å². The fourth-order valence-corrected chi connectivity index (χ4v) is 3.20. The Morgan fingerprint density at radius 3 is 2.85 bits per heavy atom. The average Bonchev–Trinajstić information content (AvgIpc) is 2.81. The van der Waals surface area contributed by atoms with Gasteiger partial charge in [0.15, 0.2) is 0 Å². The molecule has 0 aliphatic rings. The first-order chi connectivity index (χ1) is 9.67. The van der Waals surface area contributed by atoms with Crippen LogP contribution in [-0.2, 0) is 12.8 Å². The topological polar surface area (TPSA) is 24.9 Å². The number of benzene rings is 1. The largest absolute Gasteiger partial charge is 0.317 e. The SMILES string of the molecule is CCNCC(Cc1cccc(Cl)c1)Cc1csc(C)n1. The van der Waals surface area contributed by atoms with Crippen molar-refractivity contribution < 1.29 is 0 Å². The van der Waals surface area contributed by atoms with Crippen LogP contribution in [-0.4, -0.2) is 18.1 Å². The molecule has 2 aromatic rings. The van der Waals surface area contributed by atoms with Crippen LogP contribution in [0.5, 0.6) is 0 Å². The van der Waals surface area contributed by atoms with Gasteiger partial charge in [-0.2, -0.15) is 0 Å². The van der Waals surface area contributed by atoms with Crippen LogP contribution in [0.1, 0.15) is 23.2 Å². The second-order valence-electron chi connectivity index (χ2n) is 5.07. The zero-order valence-corrected chi connectivity index (χ0v) is 13.6. The van der Waals surface area contributed by atoms with Crippen LogP contribution in [0.3, 0.4) is 0 Å². The number of rotatable bonds is 7. The quantitative estimate of drug-likeness (QED) is 0.832. The van der Waals surface area contributed by atoms with E-state index < -0.39 is 0 Å². The first-order valence-corrected chi connectivity index (χ1v) is 8.29. The molecule has 108 valence electrons. The Balaban J connectivity index is 2.02. The van der Waals surface area contributed by atoms with Gasteiger partial charge in [-0.3, -0.25) is 0 Å². The highest BCUT2D eigenvalue weighted by Crippen LogP contribution is 2.18. The number of thiazole rings is 1. The molecule has 1 aromatic carbocycles. The minimum atomic E-state index is 0.551. The van der Waals surface area contributed by atoms with E-state index in [1.54, 1.807) is 11.3 Å². The number of hydrogen-bond donors (Lipinski definition) is 1. The molecule has 0 aliphatic carbocycles. The standard InChI is InChI=1S/C16H21ClN2S/c1-3-18-10-14(9-16-11-20-12(2)19-16)7-13-5-4-6-15(17)8-13/h4-6,8,11,14,18H,3,7,9-10H2,1-2H3. The van der Waals surface area contributed by atoms with E-state index in [1.165, 1.54) is 11.3 Å². The summed E-state index contributed by atoms with van der Waals surface area (Å²) in [5, 5.41) is 7.58. The molecule has 1 unspecified atom stereocenters. The van der Waals surface area contributed by atoms with Crippen molar-refractivity contribution in [2.24, 2.45) is 5.92 Å². The first-order valence-electron chi connectivity index (χ1n) is 7.03. The van der Waals surface area contributed by atoms with Gasteiger partial charge in [-0.05, 0) is 56.5 Å². The van der Waals surface area contributed by atoms with Crippen molar-refractivity contribution in [1.29, 1.82) is 0 Å². The minimum absolute atomic E-state index is 0.551. The van der Waals surface area contributed by atoms with Crippen LogP contribution < -0.4 is 5.32 Å². The fraction of sp³-hybridized carbons (Fsp3) is 0.438. The Hall–Kier alpha value is -0.900. The third-order valence-electron chi connectivity index (χ3n) is 3.26. The highest BCUT2D eigenvalue weighted by atomic mass is 35.5. The molecule has 0 saturated carbocycles. The lowest BCUT2D eigenvalue weighted by molar-refractivity contribution is 0.474. The molecular formula is C16H21ClN2S. The Labute approximate surface area is 130 Å². The lowest BCUT2D eigenvalue weighted by Crippen LogP contribution is -2.25. The minimum Gasteiger partial charge on any atom is -0.317 e. The summed E-state index contributed by atoms with van der Waals surface area (Å²) in [7, 11) is 0. The van der Waals surface area contributed by atoms with Gasteiger partial charge in [-0.25, -0.2) is 4.98 Å². The lowest BCUT2D eigenvalue weighted by Gasteiger charge is -2.16. The van der Waals surface area contributed by atoms with E-state index in [1.807, 2.05) is 12.1 Å². The van der Waals surface area contributed by atoms with E-state index in [4.69, 9.17) is 11.6 Å². The molecule has 20 heavy (non-hydrogen) atoms. The summed E-state index contributed by atoms with van der Waals surface area (Å²) in [6.45, 7) is 6.22. The van der Waals surface area contributed by atoms with Gasteiger partial charge in [0.05, 0.1) is 10.7 Å². The molecule has 2 nitrogen and oxygen atoms in total. The van der Waals surface area contributed by atoms with Crippen molar-refractivity contribution in [3.8, 4) is 0 Å². The van der Waals surface area contributed by atoms with Gasteiger partial charge in [0.25, 0.3) is 0 Å². The third-order valence-corrected chi connectivity index (χ3v) is 4.32. The molecule has 0 radical (unpaired) electrons. The highest BCUT2D eigenvalue weighted by Gasteiger charge is 2.12. The van der Waals surface area contributed by atoms with Crippen molar-refractivity contribution in [1.82, 2.24) is 10.3 Å². The van der Waals surface area contributed by atoms with E-state index in [-0.39, 0.29) is 0 Å². The fourth-order valence-electron chi connectivity index (χ4n) is 2.36. The molecule has 0 bridgehead atoms. The van der Waals surface area contributed by atoms with Gasteiger partial charge < -0.3 is 5.32 Å². The van der Waals surface area contributed by atoms with Crippen molar-refractivity contribution in [2.75, 3.05) is 13.1 Å². The van der Waals surface area contributed by atoms with E-state index in [9.17, 15) is 0 Å². The van der Waals surface area contributed by atoms with Gasteiger partial charge in [-0.1, -0.05) is 30.7 Å². The zero-order valence-electron chi connectivity index (χ0n) is 12.0. The maximum absolute atomic E-state index is 6.07. The monoisotopic (exact) mass is 308 g/mol. The number of hydrogen-bond acceptors (Lipinski definition) is 3. The summed E-state index contributed by atoms with van der Waals surface area (Å²) in [6, 6.07) is 8.16. The average molecular weight is 309 g/mol. The van der Waals surface area contributed by atoms with Crippen molar-refractivity contribution in [3.05, 3.63) is 50.9 Å². The van der Waals surface area contributed by atoms with E-state index in [0.717, 1.165) is 36.0 Å². The molecule has 1 N–H and O–H groups in total. The summed E-state index contributed by atoms with van der Waals surface area (Å²) < 4.78 is 0. The zero-order chi connectivity index (χ0) is 14.4. The molecular weight excluding hydrogens is 288 g/mol. The summed E-state index contributed by atoms with van der Waals surface area (Å²) in [5.74, 6) is 0.551. The van der Waals surface area contributed by atoms with Crippen LogP contribution in [0.15, 0.2) is 29.6 Å². The van der Waals surface area contributed by atoms with Gasteiger partial charge in [0.1, 0.15) is 0 Å². The molecule has 0 fully saturated rings. The normalized spacial score (nSPS) is 12.6. The lowest BCUT2D eigenvalue weighted by atomic mass is 9.95. The van der Waals surface area contributed by atoms with Crippen LogP contribution in [0.4, 0.5) is 0 Å². The van der Waals surface area contributed by atoms with Gasteiger partial charge >= 0.3 is 0 Å². The smallest absolute Gasteiger partial charge is 0.0897 e. The maximum atomic E-state index is 6.07. The van der Waals surface area contributed by atoms with Gasteiger partial charge in [0, 0.05) is 10.4 Å². The number of aromatic nitrogens is 1. The third kappa shape index (κ3) is 4.89. The molecule has 0 amide bonds. The molecule has 0 spiro atoms. The van der Waals surface area contributed by atoms with Crippen LogP contribution in [0.2, 0.25) is 5.02 Å². The molecule has 0 aliphatic heterocycles. The van der Waals surface area contributed by atoms with E-state index in [0.29, 0.717) is 5.92 Å². The predicted molar refractivity (Wildman–Crippen MR) is 87.7 cm³/mol. The van der Waals surface area contributed by atoms with Crippen molar-refractivity contribution in [3.63, 3.8) is 0 Å². The summed E-state index contributed by atoms with van der Waals surface area (Å²) >= 11 is 7.80. The van der Waals surface area contributed by atoms with Gasteiger partial charge in [-0.15, -0.1) is 11.3 Å². The number of nitrogens with zero attached hydrogens (tertiary/aromatic N) is 1. The second-order valence-corrected chi connectivity index (χ2v) is 6.57. The number of aryl methyl sites for hydroxylation is 1.